The zero-order valence-electron chi connectivity index (χ0n) is 12.1. The van der Waals surface area contributed by atoms with Crippen LogP contribution in [0.25, 0.3) is 0 Å². The molecule has 0 fully saturated rings. The fourth-order valence-electron chi connectivity index (χ4n) is 2.05. The van der Waals surface area contributed by atoms with Crippen molar-refractivity contribution in [2.45, 2.75) is 19.4 Å². The first-order valence-electron chi connectivity index (χ1n) is 6.75. The van der Waals surface area contributed by atoms with Crippen molar-refractivity contribution in [2.75, 3.05) is 24.3 Å². The summed E-state index contributed by atoms with van der Waals surface area (Å²) < 4.78 is 0. The Balaban J connectivity index is 2.11. The highest BCUT2D eigenvalue weighted by molar-refractivity contribution is 6.30. The third-order valence-corrected chi connectivity index (χ3v) is 3.48. The number of nitrogens with one attached hydrogen (secondary N) is 1. The largest absolute Gasteiger partial charge is 0.377 e. The van der Waals surface area contributed by atoms with E-state index in [4.69, 9.17) is 11.6 Å². The molecule has 1 aromatic heterocycles. The van der Waals surface area contributed by atoms with Crippen molar-refractivity contribution < 1.29 is 0 Å². The van der Waals surface area contributed by atoms with Gasteiger partial charge in [0.1, 0.15) is 5.82 Å². The van der Waals surface area contributed by atoms with Gasteiger partial charge in [-0.25, -0.2) is 4.98 Å². The van der Waals surface area contributed by atoms with Crippen LogP contribution in [-0.2, 0) is 0 Å². The summed E-state index contributed by atoms with van der Waals surface area (Å²) in [6, 6.07) is 12.3. The van der Waals surface area contributed by atoms with Gasteiger partial charge in [0.2, 0.25) is 0 Å². The van der Waals surface area contributed by atoms with Crippen LogP contribution in [0.2, 0.25) is 5.02 Å². The average Bonchev–Trinajstić information content (AvgIpc) is 2.46. The number of pyridine rings is 1. The van der Waals surface area contributed by atoms with E-state index in [9.17, 15) is 0 Å². The second kappa shape index (κ2) is 6.62. The number of anilines is 2. The number of nitrogens with zero attached hydrogens (tertiary/aromatic N) is 2. The van der Waals surface area contributed by atoms with Crippen molar-refractivity contribution in [3.63, 3.8) is 0 Å². The molecule has 0 spiro atoms. The fraction of sp³-hybridized carbons (Fsp3) is 0.312. The van der Waals surface area contributed by atoms with Gasteiger partial charge >= 0.3 is 0 Å². The van der Waals surface area contributed by atoms with Crippen LogP contribution in [0.1, 0.15) is 24.9 Å². The molecule has 1 heterocycles. The molecule has 4 heteroatoms. The molecule has 1 aromatic carbocycles. The normalized spacial score (nSPS) is 12.0. The molecule has 0 aliphatic heterocycles. The smallest absolute Gasteiger partial charge is 0.128 e. The van der Waals surface area contributed by atoms with Crippen molar-refractivity contribution in [3.05, 3.63) is 53.2 Å². The lowest BCUT2D eigenvalue weighted by molar-refractivity contribution is 0.748. The number of hydrogen-bond acceptors (Lipinski definition) is 3. The quantitative estimate of drug-likeness (QED) is 0.886. The van der Waals surface area contributed by atoms with Gasteiger partial charge in [-0.15, -0.1) is 0 Å². The molecular formula is C16H20ClN3. The third-order valence-electron chi connectivity index (χ3n) is 3.23. The van der Waals surface area contributed by atoms with Crippen LogP contribution < -0.4 is 10.2 Å². The van der Waals surface area contributed by atoms with Gasteiger partial charge in [0.15, 0.2) is 0 Å². The molecule has 0 saturated heterocycles. The first-order valence-corrected chi connectivity index (χ1v) is 7.13. The molecule has 1 unspecified atom stereocenters. The molecule has 20 heavy (non-hydrogen) atoms. The van der Waals surface area contributed by atoms with Crippen LogP contribution in [0.3, 0.4) is 0 Å². The van der Waals surface area contributed by atoms with E-state index in [-0.39, 0.29) is 6.04 Å². The van der Waals surface area contributed by atoms with Crippen molar-refractivity contribution >= 4 is 23.1 Å². The maximum Gasteiger partial charge on any atom is 0.128 e. The Morgan fingerprint density at radius 2 is 1.85 bits per heavy atom. The van der Waals surface area contributed by atoms with E-state index >= 15 is 0 Å². The van der Waals surface area contributed by atoms with Gasteiger partial charge in [0.25, 0.3) is 0 Å². The van der Waals surface area contributed by atoms with Gasteiger partial charge in [0, 0.05) is 19.1 Å². The summed E-state index contributed by atoms with van der Waals surface area (Å²) in [7, 11) is 3.97. The number of rotatable bonds is 5. The Kier molecular flexibility index (Phi) is 4.85. The summed E-state index contributed by atoms with van der Waals surface area (Å²) in [4.78, 5) is 6.40. The minimum atomic E-state index is 0.263. The van der Waals surface area contributed by atoms with E-state index in [2.05, 4.69) is 35.4 Å². The number of benzene rings is 1. The lowest BCUT2D eigenvalue weighted by Gasteiger charge is -2.19. The summed E-state index contributed by atoms with van der Waals surface area (Å²) >= 11 is 5.93. The highest BCUT2D eigenvalue weighted by Crippen LogP contribution is 2.24. The number of aromatic nitrogens is 1. The van der Waals surface area contributed by atoms with E-state index < -0.39 is 0 Å². The van der Waals surface area contributed by atoms with Gasteiger partial charge in [-0.3, -0.25) is 0 Å². The summed E-state index contributed by atoms with van der Waals surface area (Å²) in [5.74, 6) is 0.954. The van der Waals surface area contributed by atoms with Crippen LogP contribution in [0, 0.1) is 0 Å². The molecule has 106 valence electrons. The van der Waals surface area contributed by atoms with Crippen molar-refractivity contribution in [2.24, 2.45) is 0 Å². The first-order chi connectivity index (χ1) is 9.60. The Morgan fingerprint density at radius 3 is 2.35 bits per heavy atom. The standard InChI is InChI=1S/C16H20ClN3/c1-4-15(12-5-7-13(17)8-6-12)19-14-9-10-16(18-11-14)20(2)3/h5-11,15,19H,4H2,1-3H3. The van der Waals surface area contributed by atoms with Gasteiger partial charge in [-0.2, -0.15) is 0 Å². The minimum absolute atomic E-state index is 0.263. The molecule has 0 aliphatic carbocycles. The summed E-state index contributed by atoms with van der Waals surface area (Å²) in [6.45, 7) is 2.16. The molecule has 0 radical (unpaired) electrons. The van der Waals surface area contributed by atoms with Gasteiger partial charge in [-0.05, 0) is 36.2 Å². The molecule has 0 bridgehead atoms. The SMILES string of the molecule is CCC(Nc1ccc(N(C)C)nc1)c1ccc(Cl)cc1. The molecule has 1 N–H and O–H groups in total. The van der Waals surface area contributed by atoms with Crippen LogP contribution in [0.15, 0.2) is 42.6 Å². The second-order valence-electron chi connectivity index (χ2n) is 4.96. The second-order valence-corrected chi connectivity index (χ2v) is 5.39. The van der Waals surface area contributed by atoms with Crippen molar-refractivity contribution in [1.29, 1.82) is 0 Å². The zero-order valence-corrected chi connectivity index (χ0v) is 12.9. The summed E-state index contributed by atoms with van der Waals surface area (Å²) in [6.07, 6.45) is 2.87. The fourth-order valence-corrected chi connectivity index (χ4v) is 2.18. The van der Waals surface area contributed by atoms with Gasteiger partial charge < -0.3 is 10.2 Å². The molecular weight excluding hydrogens is 270 g/mol. The molecule has 0 amide bonds. The predicted octanol–water partition coefficient (Wildman–Crippen LogP) is 4.36. The molecule has 2 rings (SSSR count). The molecule has 0 aliphatic rings. The average molecular weight is 290 g/mol. The number of halogens is 1. The van der Waals surface area contributed by atoms with E-state index in [1.54, 1.807) is 0 Å². The lowest BCUT2D eigenvalue weighted by Crippen LogP contribution is -2.12. The Bertz CT molecular complexity index is 535. The summed E-state index contributed by atoms with van der Waals surface area (Å²) in [5, 5.41) is 4.27. The van der Waals surface area contributed by atoms with Crippen molar-refractivity contribution in [1.82, 2.24) is 4.98 Å². The topological polar surface area (TPSA) is 28.2 Å². The van der Waals surface area contributed by atoms with Crippen LogP contribution >= 0.6 is 11.6 Å². The van der Waals surface area contributed by atoms with Crippen LogP contribution in [-0.4, -0.2) is 19.1 Å². The highest BCUT2D eigenvalue weighted by Gasteiger charge is 2.09. The van der Waals surface area contributed by atoms with Gasteiger partial charge in [-0.1, -0.05) is 30.7 Å². The minimum Gasteiger partial charge on any atom is -0.377 e. The monoisotopic (exact) mass is 289 g/mol. The zero-order chi connectivity index (χ0) is 14.5. The number of hydrogen-bond donors (Lipinski definition) is 1. The van der Waals surface area contributed by atoms with E-state index in [1.165, 1.54) is 5.56 Å². The third kappa shape index (κ3) is 3.64. The lowest BCUT2D eigenvalue weighted by atomic mass is 10.0. The van der Waals surface area contributed by atoms with Crippen LogP contribution in [0.5, 0.6) is 0 Å². The van der Waals surface area contributed by atoms with Crippen LogP contribution in [0.4, 0.5) is 11.5 Å². The first kappa shape index (κ1) is 14.7. The summed E-state index contributed by atoms with van der Waals surface area (Å²) in [5.41, 5.74) is 2.26. The Hall–Kier alpha value is -1.74. The Labute approximate surface area is 125 Å². The Morgan fingerprint density at radius 1 is 1.15 bits per heavy atom. The van der Waals surface area contributed by atoms with E-state index in [1.807, 2.05) is 43.4 Å². The molecule has 3 nitrogen and oxygen atoms in total. The maximum absolute atomic E-state index is 5.93. The molecule has 0 saturated carbocycles. The predicted molar refractivity (Wildman–Crippen MR) is 86.7 cm³/mol. The molecule has 1 atom stereocenters. The maximum atomic E-state index is 5.93. The van der Waals surface area contributed by atoms with E-state index in [0.29, 0.717) is 0 Å². The van der Waals surface area contributed by atoms with E-state index in [0.717, 1.165) is 22.9 Å². The highest BCUT2D eigenvalue weighted by atomic mass is 35.5. The van der Waals surface area contributed by atoms with Gasteiger partial charge in [0.05, 0.1) is 17.9 Å². The molecule has 2 aromatic rings. The van der Waals surface area contributed by atoms with Crippen molar-refractivity contribution in [3.8, 4) is 0 Å².